The van der Waals surface area contributed by atoms with E-state index in [-0.39, 0.29) is 36.0 Å². The van der Waals surface area contributed by atoms with Crippen LogP contribution in [0.15, 0.2) is 46.0 Å². The van der Waals surface area contributed by atoms with Gasteiger partial charge in [-0.25, -0.2) is 4.99 Å². The predicted molar refractivity (Wildman–Crippen MR) is 130 cm³/mol. The van der Waals surface area contributed by atoms with Crippen molar-refractivity contribution in [3.8, 4) is 5.75 Å². The highest BCUT2D eigenvalue weighted by Crippen LogP contribution is 2.24. The quantitative estimate of drug-likeness (QED) is 0.195. The zero-order chi connectivity index (χ0) is 21.2. The number of hydrogen-bond acceptors (Lipinski definition) is 5. The first-order valence-corrected chi connectivity index (χ1v) is 10.3. The highest BCUT2D eigenvalue weighted by atomic mass is 127. The van der Waals surface area contributed by atoms with Crippen LogP contribution in [0.4, 0.5) is 0 Å². The molecule has 0 aliphatic carbocycles. The van der Waals surface area contributed by atoms with Crippen LogP contribution in [0.3, 0.4) is 0 Å². The molecule has 1 aromatic heterocycles. The normalized spacial score (nSPS) is 15.8. The molecule has 0 radical (unpaired) electrons. The third-order valence-electron chi connectivity index (χ3n) is 4.60. The van der Waals surface area contributed by atoms with Gasteiger partial charge in [0.25, 0.3) is 5.91 Å². The van der Waals surface area contributed by atoms with Gasteiger partial charge in [-0.05, 0) is 37.6 Å². The van der Waals surface area contributed by atoms with E-state index in [1.54, 1.807) is 12.1 Å². The average molecular weight is 542 g/mol. The Hall–Kier alpha value is -2.27. The Morgan fingerprint density at radius 3 is 2.77 bits per heavy atom. The van der Waals surface area contributed by atoms with E-state index in [9.17, 15) is 4.79 Å². The maximum Gasteiger partial charge on any atom is 0.287 e. The molecule has 0 spiro atoms. The zero-order valence-corrected chi connectivity index (χ0v) is 20.3. The molecule has 2 heterocycles. The van der Waals surface area contributed by atoms with Crippen molar-refractivity contribution in [3.63, 3.8) is 0 Å². The number of benzene rings is 1. The van der Waals surface area contributed by atoms with E-state index in [0.29, 0.717) is 38.0 Å². The number of carbonyl (C=O) groups excluding carboxylic acids is 1. The van der Waals surface area contributed by atoms with Crippen LogP contribution in [0.1, 0.15) is 35.0 Å². The summed E-state index contributed by atoms with van der Waals surface area (Å²) in [6.45, 7) is 7.64. The van der Waals surface area contributed by atoms with E-state index < -0.39 is 0 Å². The maximum absolute atomic E-state index is 11.9. The first kappa shape index (κ1) is 25.0. The summed E-state index contributed by atoms with van der Waals surface area (Å²) in [5.74, 6) is 1.60. The summed E-state index contributed by atoms with van der Waals surface area (Å²) < 4.78 is 16.6. The second-order valence-corrected chi connectivity index (χ2v) is 7.07. The van der Waals surface area contributed by atoms with Gasteiger partial charge in [-0.3, -0.25) is 4.79 Å². The minimum atomic E-state index is -0.235. The van der Waals surface area contributed by atoms with Gasteiger partial charge in [-0.1, -0.05) is 12.1 Å². The van der Waals surface area contributed by atoms with Crippen molar-refractivity contribution < 1.29 is 18.7 Å². The molecular formula is C22H31IN4O4. The minimum absolute atomic E-state index is 0. The van der Waals surface area contributed by atoms with Gasteiger partial charge in [0.1, 0.15) is 11.9 Å². The Morgan fingerprint density at radius 2 is 2.06 bits per heavy atom. The van der Waals surface area contributed by atoms with E-state index in [4.69, 9.17) is 13.9 Å². The number of aliphatic imine (C=N–C) groups is 1. The van der Waals surface area contributed by atoms with Crippen LogP contribution in [-0.2, 0) is 11.3 Å². The molecule has 2 aromatic rings. The summed E-state index contributed by atoms with van der Waals surface area (Å²) in [5, 5.41) is 9.25. The summed E-state index contributed by atoms with van der Waals surface area (Å²) in [6, 6.07) is 9.48. The van der Waals surface area contributed by atoms with Crippen molar-refractivity contribution in [2.75, 3.05) is 32.8 Å². The minimum Gasteiger partial charge on any atom is -0.488 e. The number of rotatable bonds is 9. The van der Waals surface area contributed by atoms with Crippen LogP contribution >= 0.6 is 24.0 Å². The summed E-state index contributed by atoms with van der Waals surface area (Å²) >= 11 is 0. The molecule has 3 rings (SSSR count). The predicted octanol–water partition coefficient (Wildman–Crippen LogP) is 2.86. The second-order valence-electron chi connectivity index (χ2n) is 7.07. The van der Waals surface area contributed by atoms with Gasteiger partial charge in [0, 0.05) is 31.6 Å². The van der Waals surface area contributed by atoms with Crippen molar-refractivity contribution in [1.29, 1.82) is 0 Å². The molecule has 1 aliphatic heterocycles. The monoisotopic (exact) mass is 542 g/mol. The van der Waals surface area contributed by atoms with Gasteiger partial charge in [-0.15, -0.1) is 24.0 Å². The van der Waals surface area contributed by atoms with Gasteiger partial charge in [0.05, 0.1) is 26.0 Å². The molecule has 1 saturated heterocycles. The van der Waals surface area contributed by atoms with Crippen LogP contribution in [-0.4, -0.2) is 50.8 Å². The number of amides is 1. The molecule has 1 aromatic carbocycles. The molecule has 1 amide bonds. The van der Waals surface area contributed by atoms with Crippen molar-refractivity contribution in [3.05, 3.63) is 53.5 Å². The molecule has 170 valence electrons. The molecule has 1 unspecified atom stereocenters. The summed E-state index contributed by atoms with van der Waals surface area (Å²) in [6.07, 6.45) is 2.48. The highest BCUT2D eigenvalue weighted by Gasteiger charge is 2.18. The van der Waals surface area contributed by atoms with E-state index in [2.05, 4.69) is 33.1 Å². The van der Waals surface area contributed by atoms with E-state index >= 15 is 0 Å². The molecule has 9 heteroatoms. The number of nitrogens with zero attached hydrogens (tertiary/aromatic N) is 1. The largest absolute Gasteiger partial charge is 0.488 e. The van der Waals surface area contributed by atoms with Crippen LogP contribution < -0.4 is 20.7 Å². The van der Waals surface area contributed by atoms with Crippen LogP contribution in [0.5, 0.6) is 5.75 Å². The molecule has 8 nitrogen and oxygen atoms in total. The smallest absolute Gasteiger partial charge is 0.287 e. The molecule has 1 aliphatic rings. The number of halogens is 1. The van der Waals surface area contributed by atoms with Gasteiger partial charge in [-0.2, -0.15) is 0 Å². The molecule has 3 N–H and O–H groups in total. The van der Waals surface area contributed by atoms with Crippen LogP contribution in [0.2, 0.25) is 0 Å². The second kappa shape index (κ2) is 13.2. The Kier molecular flexibility index (Phi) is 10.6. The van der Waals surface area contributed by atoms with Crippen molar-refractivity contribution >= 4 is 35.8 Å². The lowest BCUT2D eigenvalue weighted by Gasteiger charge is -2.16. The van der Waals surface area contributed by atoms with Gasteiger partial charge >= 0.3 is 0 Å². The standard InChI is InChI=1S/C22H30N4O4.HI/c1-3-23-22(25-10-9-24-21(27)19-5-4-11-29-19)26-14-17-7-6-16(2)13-20(17)30-18-8-12-28-15-18;/h4-7,11,13,18H,3,8-10,12,14-15H2,1-2H3,(H,24,27)(H2,23,25,26);1H. The lowest BCUT2D eigenvalue weighted by Crippen LogP contribution is -2.41. The fourth-order valence-corrected chi connectivity index (χ4v) is 3.05. The number of aryl methyl sites for hydroxylation is 1. The summed E-state index contributed by atoms with van der Waals surface area (Å²) in [7, 11) is 0. The molecule has 0 bridgehead atoms. The summed E-state index contributed by atoms with van der Waals surface area (Å²) in [5.41, 5.74) is 2.17. The topological polar surface area (TPSA) is 97.1 Å². The fourth-order valence-electron chi connectivity index (χ4n) is 3.05. The first-order chi connectivity index (χ1) is 14.7. The Bertz CT molecular complexity index is 836. The molecule has 1 fully saturated rings. The Labute approximate surface area is 200 Å². The van der Waals surface area contributed by atoms with Crippen molar-refractivity contribution in [1.82, 2.24) is 16.0 Å². The SMILES string of the molecule is CCNC(=NCc1ccc(C)cc1OC1CCOC1)NCCNC(=O)c1ccco1.I. The third kappa shape index (κ3) is 8.06. The Balaban J connectivity index is 0.00000341. The number of furan rings is 1. The van der Waals surface area contributed by atoms with Gasteiger partial charge in [0.15, 0.2) is 11.7 Å². The fraction of sp³-hybridized carbons (Fsp3) is 0.455. The van der Waals surface area contributed by atoms with Crippen LogP contribution in [0, 0.1) is 6.92 Å². The zero-order valence-electron chi connectivity index (χ0n) is 18.0. The highest BCUT2D eigenvalue weighted by molar-refractivity contribution is 14.0. The van der Waals surface area contributed by atoms with Crippen LogP contribution in [0.25, 0.3) is 0 Å². The molecule has 31 heavy (non-hydrogen) atoms. The molecule has 0 saturated carbocycles. The average Bonchev–Trinajstić information content (AvgIpc) is 3.44. The van der Waals surface area contributed by atoms with Gasteiger partial charge in [0.2, 0.25) is 0 Å². The van der Waals surface area contributed by atoms with Crippen molar-refractivity contribution in [2.45, 2.75) is 32.9 Å². The third-order valence-corrected chi connectivity index (χ3v) is 4.60. The van der Waals surface area contributed by atoms with Crippen molar-refractivity contribution in [2.24, 2.45) is 4.99 Å². The van der Waals surface area contributed by atoms with E-state index in [1.165, 1.54) is 6.26 Å². The summed E-state index contributed by atoms with van der Waals surface area (Å²) in [4.78, 5) is 16.6. The lowest BCUT2D eigenvalue weighted by atomic mass is 10.1. The lowest BCUT2D eigenvalue weighted by molar-refractivity contribution is 0.0926. The first-order valence-electron chi connectivity index (χ1n) is 10.3. The number of hydrogen-bond donors (Lipinski definition) is 3. The maximum atomic E-state index is 11.9. The van der Waals surface area contributed by atoms with E-state index in [1.807, 2.05) is 19.9 Å². The van der Waals surface area contributed by atoms with Gasteiger partial charge < -0.3 is 29.8 Å². The van der Waals surface area contributed by atoms with E-state index in [0.717, 1.165) is 36.4 Å². The Morgan fingerprint density at radius 1 is 1.23 bits per heavy atom. The number of carbonyl (C=O) groups is 1. The number of ether oxygens (including phenoxy) is 2. The number of guanidine groups is 1. The molecular weight excluding hydrogens is 511 g/mol. The molecule has 1 atom stereocenters. The number of nitrogens with one attached hydrogen (secondary N) is 3.